The smallest absolute Gasteiger partial charge is 0.488 e. The van der Waals surface area contributed by atoms with Crippen LogP contribution in [0.25, 0.3) is 10.9 Å². The number of aromatic nitrogens is 4. The molecule has 5 rings (SSSR count). The van der Waals surface area contributed by atoms with Gasteiger partial charge >= 0.3 is 16.6 Å². The lowest BCUT2D eigenvalue weighted by molar-refractivity contribution is -0.274. The Balaban J connectivity index is 1.36. The minimum atomic E-state index is -4.83. The average Bonchev–Trinajstić information content (AvgIpc) is 3.65. The van der Waals surface area contributed by atoms with Gasteiger partial charge in [0.25, 0.3) is 0 Å². The Morgan fingerprint density at radius 2 is 1.90 bits per heavy atom. The molecular formula is C24H21F3N6O4S2. The molecule has 3 heterocycles. The molecule has 0 unspecified atom stereocenters. The third-order valence-electron chi connectivity index (χ3n) is 5.47. The van der Waals surface area contributed by atoms with E-state index in [1.165, 1.54) is 30.6 Å². The van der Waals surface area contributed by atoms with Gasteiger partial charge in [0.2, 0.25) is 0 Å². The lowest BCUT2D eigenvalue weighted by Gasteiger charge is -2.16. The van der Waals surface area contributed by atoms with E-state index in [2.05, 4.69) is 24.9 Å². The number of nitrogens with one attached hydrogen (secondary N) is 2. The molecule has 10 nitrogen and oxygen atoms in total. The molecule has 0 fully saturated rings. The van der Waals surface area contributed by atoms with E-state index < -0.39 is 16.6 Å². The summed E-state index contributed by atoms with van der Waals surface area (Å²) in [6.45, 7) is 0.996. The highest BCUT2D eigenvalue weighted by Crippen LogP contribution is 2.31. The Hall–Kier alpha value is -4.24. The summed E-state index contributed by atoms with van der Waals surface area (Å²) in [5, 5.41) is 9.42. The van der Waals surface area contributed by atoms with Crippen LogP contribution >= 0.6 is 11.3 Å². The molecule has 5 aromatic rings. The molecule has 2 aromatic carbocycles. The van der Waals surface area contributed by atoms with E-state index in [-0.39, 0.29) is 23.0 Å². The summed E-state index contributed by atoms with van der Waals surface area (Å²) in [6.07, 6.45) is 1.76. The van der Waals surface area contributed by atoms with Crippen molar-refractivity contribution in [1.82, 2.24) is 18.7 Å². The Bertz CT molecular complexity index is 1650. The second-order valence-electron chi connectivity index (χ2n) is 8.12. The predicted molar refractivity (Wildman–Crippen MR) is 140 cm³/mol. The fraction of sp³-hybridized carbons (Fsp3) is 0.167. The number of hydrogen-bond acceptors (Lipinski definition) is 8. The van der Waals surface area contributed by atoms with Crippen molar-refractivity contribution in [3.05, 3.63) is 84.3 Å². The van der Waals surface area contributed by atoms with E-state index in [0.717, 1.165) is 15.4 Å². The van der Waals surface area contributed by atoms with Crippen LogP contribution < -0.4 is 19.5 Å². The van der Waals surface area contributed by atoms with Crippen molar-refractivity contribution < 1.29 is 31.1 Å². The predicted octanol–water partition coefficient (Wildman–Crippen LogP) is 5.09. The number of halogens is 3. The summed E-state index contributed by atoms with van der Waals surface area (Å²) in [5.74, 6) is -0.0202. The lowest BCUT2D eigenvalue weighted by Crippen LogP contribution is -2.22. The van der Waals surface area contributed by atoms with Crippen LogP contribution in [0.3, 0.4) is 0 Å². The second-order valence-corrected chi connectivity index (χ2v) is 10.5. The quantitative estimate of drug-likeness (QED) is 0.225. The molecule has 0 aliphatic carbocycles. The van der Waals surface area contributed by atoms with Crippen LogP contribution in [-0.4, -0.2) is 40.1 Å². The molecule has 0 spiro atoms. The van der Waals surface area contributed by atoms with Gasteiger partial charge in [0.05, 0.1) is 17.1 Å². The summed E-state index contributed by atoms with van der Waals surface area (Å²) >= 11 is 1.13. The zero-order chi connectivity index (χ0) is 27.5. The van der Waals surface area contributed by atoms with Crippen molar-refractivity contribution in [1.29, 1.82) is 0 Å². The minimum Gasteiger partial charge on any atom is -0.488 e. The van der Waals surface area contributed by atoms with E-state index in [4.69, 9.17) is 4.74 Å². The lowest BCUT2D eigenvalue weighted by atomic mass is 10.1. The number of nitrogens with zero attached hydrogens (tertiary/aromatic N) is 4. The van der Waals surface area contributed by atoms with Gasteiger partial charge in [0.1, 0.15) is 18.1 Å². The highest BCUT2D eigenvalue weighted by atomic mass is 32.2. The fourth-order valence-electron chi connectivity index (χ4n) is 3.78. The van der Waals surface area contributed by atoms with Crippen molar-refractivity contribution in [3.63, 3.8) is 0 Å². The number of fused-ring (bicyclic) bond motifs is 1. The topological polar surface area (TPSA) is 112 Å². The molecule has 2 N–H and O–H groups in total. The van der Waals surface area contributed by atoms with Gasteiger partial charge in [-0.3, -0.25) is 0 Å². The van der Waals surface area contributed by atoms with Crippen molar-refractivity contribution >= 4 is 43.3 Å². The van der Waals surface area contributed by atoms with Crippen molar-refractivity contribution in [2.45, 2.75) is 19.5 Å². The van der Waals surface area contributed by atoms with Gasteiger partial charge in [-0.2, -0.15) is 13.5 Å². The third-order valence-corrected chi connectivity index (χ3v) is 7.48. The van der Waals surface area contributed by atoms with Gasteiger partial charge in [0, 0.05) is 54.4 Å². The molecule has 3 aromatic heterocycles. The van der Waals surface area contributed by atoms with Gasteiger partial charge in [-0.05, 0) is 36.4 Å². The molecule has 15 heteroatoms. The zero-order valence-electron chi connectivity index (χ0n) is 20.0. The first-order valence-electron chi connectivity index (χ1n) is 11.4. The minimum absolute atomic E-state index is 0.0213. The summed E-state index contributed by atoms with van der Waals surface area (Å²) in [6, 6.07) is 12.5. The molecule has 0 bridgehead atoms. The van der Waals surface area contributed by atoms with Gasteiger partial charge in [-0.25, -0.2) is 9.71 Å². The Morgan fingerprint density at radius 3 is 2.64 bits per heavy atom. The number of benzene rings is 2. The fourth-order valence-corrected chi connectivity index (χ4v) is 5.61. The van der Waals surface area contributed by atoms with E-state index >= 15 is 0 Å². The van der Waals surface area contributed by atoms with E-state index in [9.17, 15) is 21.6 Å². The SMILES string of the molecule is O=S(=O)(Nc1nccs1)n1ncc2c(OCc3ccc(OC(F)(F)F)cc3NCCn3cccc3)cccc21. The molecule has 0 aliphatic heterocycles. The maximum absolute atomic E-state index is 12.8. The molecule has 39 heavy (non-hydrogen) atoms. The Labute approximate surface area is 224 Å². The number of thiazole rings is 1. The first-order chi connectivity index (χ1) is 18.7. The van der Waals surface area contributed by atoms with Gasteiger partial charge in [-0.15, -0.1) is 28.6 Å². The maximum Gasteiger partial charge on any atom is 0.573 e. The van der Waals surface area contributed by atoms with Crippen molar-refractivity contribution in [2.24, 2.45) is 0 Å². The number of alkyl halides is 3. The Kier molecular flexibility index (Phi) is 7.34. The van der Waals surface area contributed by atoms with E-state index in [0.29, 0.717) is 35.5 Å². The van der Waals surface area contributed by atoms with Crippen molar-refractivity contribution in [2.75, 3.05) is 16.6 Å². The summed E-state index contributed by atoms with van der Waals surface area (Å²) in [5.41, 5.74) is 1.25. The van der Waals surface area contributed by atoms with Crippen molar-refractivity contribution in [3.8, 4) is 11.5 Å². The standard InChI is InChI=1S/C24H21F3N6O4S2/c25-24(26,27)37-18-7-6-17(20(14-18)28-8-12-32-10-1-2-11-32)16-36-22-5-3-4-21-19(22)15-30-33(21)39(34,35)31-23-29-9-13-38-23/h1-7,9-11,13-15,28H,8,12,16H2,(H,29,31). The Morgan fingerprint density at radius 1 is 1.08 bits per heavy atom. The van der Waals surface area contributed by atoms with Crippen LogP contribution in [0.1, 0.15) is 5.56 Å². The first kappa shape index (κ1) is 26.4. The summed E-state index contributed by atoms with van der Waals surface area (Å²) in [4.78, 5) is 3.93. The monoisotopic (exact) mass is 578 g/mol. The average molecular weight is 579 g/mol. The molecule has 204 valence electrons. The molecule has 0 atom stereocenters. The van der Waals surface area contributed by atoms with Crippen LogP contribution in [0.15, 0.2) is 78.7 Å². The normalized spacial score (nSPS) is 12.0. The third kappa shape index (κ3) is 6.43. The van der Waals surface area contributed by atoms with E-state index in [1.54, 1.807) is 23.6 Å². The number of hydrogen-bond donors (Lipinski definition) is 2. The highest BCUT2D eigenvalue weighted by Gasteiger charge is 2.31. The second kappa shape index (κ2) is 10.9. The number of rotatable bonds is 11. The highest BCUT2D eigenvalue weighted by molar-refractivity contribution is 7.91. The van der Waals surface area contributed by atoms with Gasteiger partial charge < -0.3 is 19.4 Å². The van der Waals surface area contributed by atoms with Crippen LogP contribution in [-0.2, 0) is 23.4 Å². The summed E-state index contributed by atoms with van der Waals surface area (Å²) in [7, 11) is -4.08. The maximum atomic E-state index is 12.8. The number of ether oxygens (including phenoxy) is 2. The molecule has 0 aliphatic rings. The van der Waals surface area contributed by atoms with E-state index in [1.807, 2.05) is 29.1 Å². The van der Waals surface area contributed by atoms with Crippen LogP contribution in [0, 0.1) is 0 Å². The van der Waals surface area contributed by atoms with Crippen LogP contribution in [0.5, 0.6) is 11.5 Å². The summed E-state index contributed by atoms with van der Waals surface area (Å²) < 4.78 is 79.3. The zero-order valence-corrected chi connectivity index (χ0v) is 21.6. The molecule has 0 saturated carbocycles. The van der Waals surface area contributed by atoms with Crippen LogP contribution in [0.2, 0.25) is 0 Å². The number of anilines is 2. The van der Waals surface area contributed by atoms with Gasteiger partial charge in [0.15, 0.2) is 5.13 Å². The largest absolute Gasteiger partial charge is 0.573 e. The van der Waals surface area contributed by atoms with Crippen LogP contribution in [0.4, 0.5) is 24.0 Å². The molecule has 0 radical (unpaired) electrons. The molecule has 0 amide bonds. The van der Waals surface area contributed by atoms with Gasteiger partial charge in [-0.1, -0.05) is 6.07 Å². The molecular weight excluding hydrogens is 557 g/mol. The first-order valence-corrected chi connectivity index (χ1v) is 13.8. The molecule has 0 saturated heterocycles.